The monoisotopic (exact) mass is 508 g/mol. The van der Waals surface area contributed by atoms with Gasteiger partial charge in [0.05, 0.1) is 12.2 Å². The maximum Gasteiger partial charge on any atom is 0.269 e. The summed E-state index contributed by atoms with van der Waals surface area (Å²) in [5, 5.41) is 1.65. The largest absolute Gasteiger partial charge is 0.334 e. The Kier molecular flexibility index (Phi) is 6.79. The van der Waals surface area contributed by atoms with Crippen molar-refractivity contribution in [3.8, 4) is 0 Å². The number of aryl methyl sites for hydroxylation is 1. The van der Waals surface area contributed by atoms with Crippen molar-refractivity contribution in [2.45, 2.75) is 24.3 Å². The Morgan fingerprint density at radius 1 is 0.848 bits per heavy atom. The zero-order valence-electron chi connectivity index (χ0n) is 17.7. The molecule has 33 heavy (non-hydrogen) atoms. The fraction of sp³-hybridized carbons (Fsp3) is 0.154. The standard InChI is InChI=1S/C26H21ClN2OS3/c27-20-13-14-22-21(16-20)28(15-7-12-18-8-3-1-4-9-18)25(32-22)23-24(30)29(26(31)33-23)17-19-10-5-2-6-11-19/h1-6,8-11,13-14,16H,7,12,15,17H2/b25-23-. The minimum atomic E-state index is -0.0247. The van der Waals surface area contributed by atoms with Crippen LogP contribution >= 0.6 is 47.3 Å². The van der Waals surface area contributed by atoms with E-state index in [0.717, 1.165) is 40.6 Å². The summed E-state index contributed by atoms with van der Waals surface area (Å²) in [6, 6.07) is 26.4. The molecule has 2 aliphatic heterocycles. The van der Waals surface area contributed by atoms with Crippen molar-refractivity contribution in [3.05, 3.63) is 105 Å². The topological polar surface area (TPSA) is 23.6 Å². The van der Waals surface area contributed by atoms with Crippen LogP contribution in [0.1, 0.15) is 17.5 Å². The number of thiocarbonyl (C=S) groups is 1. The van der Waals surface area contributed by atoms with E-state index in [0.29, 0.717) is 20.8 Å². The van der Waals surface area contributed by atoms with E-state index >= 15 is 0 Å². The zero-order chi connectivity index (χ0) is 22.8. The third-order valence-electron chi connectivity index (χ3n) is 5.58. The Hall–Kier alpha value is -2.25. The fourth-order valence-electron chi connectivity index (χ4n) is 3.96. The summed E-state index contributed by atoms with van der Waals surface area (Å²) in [6.45, 7) is 1.28. The first-order valence-corrected chi connectivity index (χ1v) is 13.1. The van der Waals surface area contributed by atoms with Crippen molar-refractivity contribution in [2.24, 2.45) is 0 Å². The van der Waals surface area contributed by atoms with Gasteiger partial charge < -0.3 is 4.90 Å². The molecule has 0 atom stereocenters. The second-order valence-corrected chi connectivity index (χ2v) is 10.9. The maximum atomic E-state index is 13.5. The zero-order valence-corrected chi connectivity index (χ0v) is 20.9. The lowest BCUT2D eigenvalue weighted by Gasteiger charge is -2.22. The van der Waals surface area contributed by atoms with Crippen molar-refractivity contribution in [1.82, 2.24) is 4.90 Å². The third-order valence-corrected chi connectivity index (χ3v) is 8.57. The van der Waals surface area contributed by atoms with Gasteiger partial charge in [-0.05, 0) is 42.2 Å². The predicted octanol–water partition coefficient (Wildman–Crippen LogP) is 7.11. The molecule has 2 aliphatic rings. The van der Waals surface area contributed by atoms with Crippen LogP contribution in [0.25, 0.3) is 0 Å². The molecule has 0 saturated carbocycles. The first-order chi connectivity index (χ1) is 16.1. The molecule has 0 unspecified atom stereocenters. The second kappa shape index (κ2) is 9.94. The highest BCUT2D eigenvalue weighted by Crippen LogP contribution is 2.51. The summed E-state index contributed by atoms with van der Waals surface area (Å²) < 4.78 is 0.602. The molecule has 166 valence electrons. The normalized spacial score (nSPS) is 17.7. The molecule has 0 aliphatic carbocycles. The van der Waals surface area contributed by atoms with Gasteiger partial charge in [0.2, 0.25) is 0 Å². The van der Waals surface area contributed by atoms with E-state index in [2.05, 4.69) is 29.2 Å². The van der Waals surface area contributed by atoms with Gasteiger partial charge >= 0.3 is 0 Å². The Labute approximate surface area is 212 Å². The van der Waals surface area contributed by atoms with Gasteiger partial charge in [-0.25, -0.2) is 0 Å². The Bertz CT molecular complexity index is 1230. The van der Waals surface area contributed by atoms with Crippen LogP contribution in [0.2, 0.25) is 5.02 Å². The average molecular weight is 509 g/mol. The van der Waals surface area contributed by atoms with Crippen LogP contribution in [-0.4, -0.2) is 21.7 Å². The Balaban J connectivity index is 1.42. The number of carbonyl (C=O) groups is 1. The number of hydrogen-bond donors (Lipinski definition) is 0. The van der Waals surface area contributed by atoms with Crippen molar-refractivity contribution < 1.29 is 4.79 Å². The molecule has 3 aromatic rings. The number of rotatable bonds is 6. The molecule has 1 saturated heterocycles. The SMILES string of the molecule is O=C1/C(=C2/Sc3ccc(Cl)cc3N2CCCc2ccccc2)SC(=S)N1Cc1ccccc1. The van der Waals surface area contributed by atoms with Gasteiger partial charge in [-0.3, -0.25) is 9.69 Å². The second-order valence-electron chi connectivity index (χ2n) is 7.83. The third kappa shape index (κ3) is 4.85. The minimum absolute atomic E-state index is 0.0247. The van der Waals surface area contributed by atoms with Crippen LogP contribution in [0, 0.1) is 0 Å². The van der Waals surface area contributed by atoms with Gasteiger partial charge in [-0.15, -0.1) is 0 Å². The van der Waals surface area contributed by atoms with Gasteiger partial charge in [0, 0.05) is 16.5 Å². The van der Waals surface area contributed by atoms with Crippen LogP contribution in [0.15, 0.2) is 93.7 Å². The summed E-state index contributed by atoms with van der Waals surface area (Å²) in [6.07, 6.45) is 1.94. The van der Waals surface area contributed by atoms with E-state index in [1.165, 1.54) is 17.3 Å². The molecule has 0 radical (unpaired) electrons. The lowest BCUT2D eigenvalue weighted by atomic mass is 10.1. The minimum Gasteiger partial charge on any atom is -0.334 e. The molecule has 0 spiro atoms. The summed E-state index contributed by atoms with van der Waals surface area (Å²) in [7, 11) is 0. The smallest absolute Gasteiger partial charge is 0.269 e. The molecule has 0 N–H and O–H groups in total. The molecular formula is C26H21ClN2OS3. The molecule has 0 bridgehead atoms. The molecule has 5 rings (SSSR count). The maximum absolute atomic E-state index is 13.5. The van der Waals surface area contributed by atoms with E-state index in [-0.39, 0.29) is 5.91 Å². The van der Waals surface area contributed by atoms with Crippen LogP contribution in [0.3, 0.4) is 0 Å². The molecule has 0 aromatic heterocycles. The van der Waals surface area contributed by atoms with Crippen molar-refractivity contribution in [3.63, 3.8) is 0 Å². The van der Waals surface area contributed by atoms with Crippen molar-refractivity contribution in [2.75, 3.05) is 11.4 Å². The highest BCUT2D eigenvalue weighted by Gasteiger charge is 2.39. The van der Waals surface area contributed by atoms with E-state index in [1.807, 2.05) is 54.6 Å². The van der Waals surface area contributed by atoms with Crippen LogP contribution in [-0.2, 0) is 17.8 Å². The number of amides is 1. The van der Waals surface area contributed by atoms with Gasteiger partial charge in [-0.2, -0.15) is 0 Å². The van der Waals surface area contributed by atoms with Crippen LogP contribution < -0.4 is 4.90 Å². The molecular weight excluding hydrogens is 488 g/mol. The molecule has 1 fully saturated rings. The number of benzene rings is 3. The highest BCUT2D eigenvalue weighted by molar-refractivity contribution is 8.27. The van der Waals surface area contributed by atoms with E-state index in [9.17, 15) is 4.79 Å². The van der Waals surface area contributed by atoms with Gasteiger partial charge in [-0.1, -0.05) is 108 Å². The van der Waals surface area contributed by atoms with Gasteiger partial charge in [0.1, 0.15) is 14.3 Å². The summed E-state index contributed by atoms with van der Waals surface area (Å²) in [4.78, 5) is 19.2. The molecule has 1 amide bonds. The summed E-state index contributed by atoms with van der Waals surface area (Å²) in [5.41, 5.74) is 3.43. The Morgan fingerprint density at radius 2 is 1.55 bits per heavy atom. The first kappa shape index (κ1) is 22.5. The average Bonchev–Trinajstić information content (AvgIpc) is 3.32. The first-order valence-electron chi connectivity index (χ1n) is 10.7. The molecule has 2 heterocycles. The lowest BCUT2D eigenvalue weighted by Crippen LogP contribution is -2.28. The summed E-state index contributed by atoms with van der Waals surface area (Å²) in [5.74, 6) is -0.0247. The Morgan fingerprint density at radius 3 is 2.27 bits per heavy atom. The number of halogens is 1. The number of hydrogen-bond acceptors (Lipinski definition) is 5. The van der Waals surface area contributed by atoms with Crippen LogP contribution in [0.4, 0.5) is 5.69 Å². The molecule has 3 nitrogen and oxygen atoms in total. The van der Waals surface area contributed by atoms with Gasteiger partial charge in [0.25, 0.3) is 5.91 Å². The number of carbonyl (C=O) groups excluding carboxylic acids is 1. The quantitative estimate of drug-likeness (QED) is 0.261. The number of anilines is 1. The number of thioether (sulfide) groups is 2. The van der Waals surface area contributed by atoms with E-state index < -0.39 is 0 Å². The molecule has 3 aromatic carbocycles. The predicted molar refractivity (Wildman–Crippen MR) is 144 cm³/mol. The number of fused-ring (bicyclic) bond motifs is 1. The summed E-state index contributed by atoms with van der Waals surface area (Å²) >= 11 is 15.0. The van der Waals surface area contributed by atoms with Crippen molar-refractivity contribution in [1.29, 1.82) is 0 Å². The lowest BCUT2D eigenvalue weighted by molar-refractivity contribution is -0.122. The fourth-order valence-corrected chi connectivity index (χ4v) is 6.70. The highest BCUT2D eigenvalue weighted by atomic mass is 35.5. The molecule has 7 heteroatoms. The van der Waals surface area contributed by atoms with Crippen molar-refractivity contribution >= 4 is 63.3 Å². The van der Waals surface area contributed by atoms with E-state index in [4.69, 9.17) is 23.8 Å². The van der Waals surface area contributed by atoms with E-state index in [1.54, 1.807) is 16.7 Å². The van der Waals surface area contributed by atoms with Gasteiger partial charge in [0.15, 0.2) is 0 Å². The number of nitrogens with zero attached hydrogens (tertiary/aromatic N) is 2. The van der Waals surface area contributed by atoms with Crippen LogP contribution in [0.5, 0.6) is 0 Å².